The van der Waals surface area contributed by atoms with Crippen molar-refractivity contribution < 1.29 is 14.4 Å². The maximum atomic E-state index is 11.2. The summed E-state index contributed by atoms with van der Waals surface area (Å²) in [5.41, 5.74) is 0.123. The van der Waals surface area contributed by atoms with E-state index in [-0.39, 0.29) is 11.3 Å². The van der Waals surface area contributed by atoms with E-state index < -0.39 is 12.0 Å². The molecule has 6 heteroatoms. The molecule has 0 radical (unpaired) electrons. The number of carboxylic acid groups (broad SMARTS) is 1. The van der Waals surface area contributed by atoms with Gasteiger partial charge in [-0.05, 0) is 19.4 Å². The molecule has 0 saturated carbocycles. The van der Waals surface area contributed by atoms with Crippen LogP contribution in [-0.2, 0) is 11.2 Å². The molecule has 1 aliphatic heterocycles. The Kier molecular flexibility index (Phi) is 2.12. The highest BCUT2D eigenvalue weighted by Crippen LogP contribution is 2.19. The smallest absolute Gasteiger partial charge is 0.328 e. The number of carboxylic acids is 1. The van der Waals surface area contributed by atoms with Crippen LogP contribution in [0.2, 0.25) is 0 Å². The Morgan fingerprint density at radius 1 is 1.57 bits per heavy atom. The van der Waals surface area contributed by atoms with Crippen LogP contribution in [0.3, 0.4) is 0 Å². The molecule has 2 heterocycles. The van der Waals surface area contributed by atoms with E-state index in [9.17, 15) is 9.59 Å². The van der Waals surface area contributed by atoms with Gasteiger partial charge < -0.3 is 9.63 Å². The van der Waals surface area contributed by atoms with Crippen LogP contribution >= 0.6 is 0 Å². The van der Waals surface area contributed by atoms with Crippen molar-refractivity contribution in [1.29, 1.82) is 0 Å². The molecule has 0 saturated heterocycles. The third kappa shape index (κ3) is 1.33. The van der Waals surface area contributed by atoms with Crippen LogP contribution in [0.5, 0.6) is 0 Å². The molecule has 0 unspecified atom stereocenters. The molecule has 0 bridgehead atoms. The van der Waals surface area contributed by atoms with Gasteiger partial charge in [0.1, 0.15) is 0 Å². The molecule has 0 aromatic carbocycles. The van der Waals surface area contributed by atoms with Crippen LogP contribution in [0.15, 0.2) is 9.32 Å². The summed E-state index contributed by atoms with van der Waals surface area (Å²) in [6, 6.07) is -0.911. The zero-order valence-corrected chi connectivity index (χ0v) is 7.37. The summed E-state index contributed by atoms with van der Waals surface area (Å²) >= 11 is 0. The zero-order chi connectivity index (χ0) is 10.1. The Morgan fingerprint density at radius 2 is 2.36 bits per heavy atom. The second-order valence-electron chi connectivity index (χ2n) is 3.20. The van der Waals surface area contributed by atoms with E-state index in [1.165, 1.54) is 0 Å². The number of H-pyrrole nitrogens is 1. The van der Waals surface area contributed by atoms with Gasteiger partial charge in [-0.2, -0.15) is 5.16 Å². The molecule has 3 N–H and O–H groups in total. The molecule has 1 aliphatic rings. The lowest BCUT2D eigenvalue weighted by Crippen LogP contribution is -2.27. The number of carbonyl (C=O) groups is 1. The van der Waals surface area contributed by atoms with Crippen molar-refractivity contribution in [1.82, 2.24) is 10.5 Å². The fraction of sp³-hybridized carbons (Fsp3) is 0.500. The summed E-state index contributed by atoms with van der Waals surface area (Å²) in [6.07, 6.45) is 1.29. The van der Waals surface area contributed by atoms with Crippen molar-refractivity contribution in [3.05, 3.63) is 21.7 Å². The molecule has 2 rings (SSSR count). The minimum Gasteiger partial charge on any atom is -0.480 e. The second-order valence-corrected chi connectivity index (χ2v) is 3.20. The Hall–Kier alpha value is -1.56. The van der Waals surface area contributed by atoms with Gasteiger partial charge in [0.05, 0.1) is 5.56 Å². The van der Waals surface area contributed by atoms with Crippen molar-refractivity contribution in [3.8, 4) is 0 Å². The highest BCUT2D eigenvalue weighted by atomic mass is 16.5. The molecule has 1 aromatic heterocycles. The minimum absolute atomic E-state index is 0.208. The Bertz CT molecular complexity index is 406. The molecule has 1 atom stereocenters. The van der Waals surface area contributed by atoms with E-state index in [1.54, 1.807) is 0 Å². The molecule has 76 valence electrons. The predicted molar refractivity (Wildman–Crippen MR) is 46.0 cm³/mol. The standard InChI is InChI=1S/C8H10N2O4/c11-7-4-2-1-3-9-5(8(12)13)6(4)14-10-7/h5,9H,1-3H2,(H,10,11)(H,12,13)/t5-/m0/s1. The maximum absolute atomic E-state index is 11.2. The van der Waals surface area contributed by atoms with E-state index >= 15 is 0 Å². The minimum atomic E-state index is -1.03. The normalized spacial score (nSPS) is 21.3. The lowest BCUT2D eigenvalue weighted by atomic mass is 10.1. The third-order valence-corrected chi connectivity index (χ3v) is 2.29. The zero-order valence-electron chi connectivity index (χ0n) is 7.37. The van der Waals surface area contributed by atoms with Gasteiger partial charge in [0.25, 0.3) is 5.56 Å². The average molecular weight is 198 g/mol. The summed E-state index contributed by atoms with van der Waals surface area (Å²) in [5.74, 6) is -0.823. The quantitative estimate of drug-likeness (QED) is 0.572. The van der Waals surface area contributed by atoms with Gasteiger partial charge in [-0.25, -0.2) is 0 Å². The van der Waals surface area contributed by atoms with Crippen LogP contribution in [0.25, 0.3) is 0 Å². The fourth-order valence-electron chi connectivity index (χ4n) is 1.61. The first kappa shape index (κ1) is 9.01. The van der Waals surface area contributed by atoms with Crippen LogP contribution in [0.1, 0.15) is 23.8 Å². The summed E-state index contributed by atoms with van der Waals surface area (Å²) in [7, 11) is 0. The first-order chi connectivity index (χ1) is 6.70. The number of fused-ring (bicyclic) bond motifs is 1. The molecular formula is C8H10N2O4. The second kappa shape index (κ2) is 3.30. The molecular weight excluding hydrogens is 188 g/mol. The third-order valence-electron chi connectivity index (χ3n) is 2.29. The van der Waals surface area contributed by atoms with Gasteiger partial charge in [0, 0.05) is 0 Å². The van der Waals surface area contributed by atoms with Crippen molar-refractivity contribution >= 4 is 5.97 Å². The van der Waals surface area contributed by atoms with Gasteiger partial charge in [0.2, 0.25) is 0 Å². The van der Waals surface area contributed by atoms with Crippen molar-refractivity contribution in [3.63, 3.8) is 0 Å². The van der Waals surface area contributed by atoms with Gasteiger partial charge in [0.15, 0.2) is 11.8 Å². The van der Waals surface area contributed by atoms with Crippen LogP contribution in [-0.4, -0.2) is 22.8 Å². The van der Waals surface area contributed by atoms with E-state index in [4.69, 9.17) is 9.63 Å². The number of hydrogen-bond acceptors (Lipinski definition) is 4. The van der Waals surface area contributed by atoms with Crippen molar-refractivity contribution in [2.24, 2.45) is 0 Å². The summed E-state index contributed by atoms with van der Waals surface area (Å²) in [4.78, 5) is 22.1. The molecule has 1 aromatic rings. The number of aromatic nitrogens is 1. The molecule has 0 amide bonds. The fourth-order valence-corrected chi connectivity index (χ4v) is 1.61. The van der Waals surface area contributed by atoms with E-state index in [1.807, 2.05) is 0 Å². The lowest BCUT2D eigenvalue weighted by molar-refractivity contribution is -0.140. The molecule has 6 nitrogen and oxygen atoms in total. The van der Waals surface area contributed by atoms with Crippen LogP contribution in [0, 0.1) is 0 Å². The first-order valence-corrected chi connectivity index (χ1v) is 4.36. The van der Waals surface area contributed by atoms with Crippen molar-refractivity contribution in [2.45, 2.75) is 18.9 Å². The molecule has 0 fully saturated rings. The van der Waals surface area contributed by atoms with E-state index in [2.05, 4.69) is 10.5 Å². The maximum Gasteiger partial charge on any atom is 0.328 e. The summed E-state index contributed by atoms with van der Waals surface area (Å²) in [5, 5.41) is 13.8. The monoisotopic (exact) mass is 198 g/mol. The van der Waals surface area contributed by atoms with E-state index in [0.717, 1.165) is 6.42 Å². The van der Waals surface area contributed by atoms with E-state index in [0.29, 0.717) is 18.5 Å². The number of nitrogens with one attached hydrogen (secondary N) is 2. The highest BCUT2D eigenvalue weighted by Gasteiger charge is 2.29. The highest BCUT2D eigenvalue weighted by molar-refractivity contribution is 5.75. The van der Waals surface area contributed by atoms with Gasteiger partial charge in [-0.3, -0.25) is 14.9 Å². The number of rotatable bonds is 1. The summed E-state index contributed by atoms with van der Waals surface area (Å²) in [6.45, 7) is 0.570. The number of aromatic amines is 1. The Labute approximate surface area is 78.9 Å². The lowest BCUT2D eigenvalue weighted by Gasteiger charge is -2.07. The average Bonchev–Trinajstić information content (AvgIpc) is 2.38. The van der Waals surface area contributed by atoms with Crippen LogP contribution in [0.4, 0.5) is 0 Å². The van der Waals surface area contributed by atoms with Gasteiger partial charge >= 0.3 is 5.97 Å². The topological polar surface area (TPSA) is 95.3 Å². The van der Waals surface area contributed by atoms with Crippen LogP contribution < -0.4 is 10.9 Å². The summed E-state index contributed by atoms with van der Waals surface area (Å²) < 4.78 is 4.86. The Balaban J connectivity index is 2.48. The SMILES string of the molecule is O=C(O)[C@H]1NCCCc2c1o[nH]c2=O. The molecule has 0 spiro atoms. The number of hydrogen-bond donors (Lipinski definition) is 3. The molecule has 0 aliphatic carbocycles. The number of aliphatic carboxylic acids is 1. The van der Waals surface area contributed by atoms with Gasteiger partial charge in [-0.15, -0.1) is 0 Å². The largest absolute Gasteiger partial charge is 0.480 e. The Morgan fingerprint density at radius 3 is 3.07 bits per heavy atom. The van der Waals surface area contributed by atoms with Crippen molar-refractivity contribution in [2.75, 3.05) is 6.54 Å². The predicted octanol–water partition coefficient (Wildman–Crippen LogP) is -0.371. The van der Waals surface area contributed by atoms with Gasteiger partial charge in [-0.1, -0.05) is 0 Å². The first-order valence-electron chi connectivity index (χ1n) is 4.36. The molecule has 14 heavy (non-hydrogen) atoms.